The van der Waals surface area contributed by atoms with Gasteiger partial charge < -0.3 is 5.32 Å². The zero-order valence-corrected chi connectivity index (χ0v) is 18.0. The summed E-state index contributed by atoms with van der Waals surface area (Å²) in [6, 6.07) is 16.9. The molecule has 176 valence electrons. The first-order valence-electron chi connectivity index (χ1n) is 10.6. The number of halogens is 5. The Morgan fingerprint density at radius 2 is 1.54 bits per heavy atom. The Morgan fingerprint density at radius 3 is 2.20 bits per heavy atom. The molecule has 35 heavy (non-hydrogen) atoms. The first-order valence-corrected chi connectivity index (χ1v) is 10.6. The van der Waals surface area contributed by atoms with Crippen molar-refractivity contribution >= 4 is 22.8 Å². The molecule has 0 saturated heterocycles. The number of nitrogens with zero attached hydrogens (tertiary/aromatic N) is 1. The predicted octanol–water partition coefficient (Wildman–Crippen LogP) is 6.22. The monoisotopic (exact) mass is 480 g/mol. The highest BCUT2D eigenvalue weighted by Crippen LogP contribution is 2.37. The number of fused-ring (bicyclic) bond motifs is 1. The molecule has 2 aliphatic rings. The van der Waals surface area contributed by atoms with Crippen LogP contribution in [-0.2, 0) is 11.0 Å². The third kappa shape index (κ3) is 4.35. The molecule has 0 radical (unpaired) electrons. The van der Waals surface area contributed by atoms with Crippen molar-refractivity contribution in [2.24, 2.45) is 0 Å². The number of hydrogen-bond donors (Lipinski definition) is 1. The smallest absolute Gasteiger partial charge is 0.341 e. The van der Waals surface area contributed by atoms with Gasteiger partial charge in [0.15, 0.2) is 0 Å². The van der Waals surface area contributed by atoms with Crippen molar-refractivity contribution in [2.45, 2.75) is 6.18 Å². The van der Waals surface area contributed by atoms with Crippen LogP contribution < -0.4 is 5.32 Å². The highest BCUT2D eigenvalue weighted by Gasteiger charge is 2.32. The number of nitrogens with one attached hydrogen (secondary N) is 1. The summed E-state index contributed by atoms with van der Waals surface area (Å²) in [4.78, 5) is 14.5. The van der Waals surface area contributed by atoms with E-state index in [1.807, 2.05) is 30.3 Å². The number of amides is 1. The van der Waals surface area contributed by atoms with Gasteiger partial charge in [-0.3, -0.25) is 9.69 Å². The third-order valence-electron chi connectivity index (χ3n) is 5.88. The van der Waals surface area contributed by atoms with Crippen LogP contribution in [0.1, 0.15) is 22.3 Å². The lowest BCUT2D eigenvalue weighted by Crippen LogP contribution is -2.42. The molecule has 0 unspecified atom stereocenters. The summed E-state index contributed by atoms with van der Waals surface area (Å²) in [6.07, 6.45) is -1.57. The van der Waals surface area contributed by atoms with Crippen molar-refractivity contribution < 1.29 is 26.7 Å². The van der Waals surface area contributed by atoms with Crippen LogP contribution in [-0.4, -0.2) is 17.4 Å². The maximum atomic E-state index is 14.8. The quantitative estimate of drug-likeness (QED) is 0.452. The number of benzene rings is 3. The van der Waals surface area contributed by atoms with Gasteiger partial charge in [0.2, 0.25) is 0 Å². The van der Waals surface area contributed by atoms with Crippen molar-refractivity contribution in [1.82, 2.24) is 10.2 Å². The molecule has 3 aromatic carbocycles. The molecule has 0 saturated carbocycles. The predicted molar refractivity (Wildman–Crippen MR) is 122 cm³/mol. The lowest BCUT2D eigenvalue weighted by Gasteiger charge is -2.35. The van der Waals surface area contributed by atoms with Crippen molar-refractivity contribution in [2.75, 3.05) is 6.54 Å². The first kappa shape index (κ1) is 22.6. The van der Waals surface area contributed by atoms with E-state index in [2.05, 4.69) is 5.32 Å². The average molecular weight is 480 g/mol. The summed E-state index contributed by atoms with van der Waals surface area (Å²) in [6.45, 7) is 0.116. The summed E-state index contributed by atoms with van der Waals surface area (Å²) >= 11 is 0. The van der Waals surface area contributed by atoms with Gasteiger partial charge in [-0.2, -0.15) is 13.2 Å². The Morgan fingerprint density at radius 1 is 0.829 bits per heavy atom. The largest absolute Gasteiger partial charge is 0.416 e. The Hall–Kier alpha value is -4.20. The Bertz CT molecular complexity index is 1400. The summed E-state index contributed by atoms with van der Waals surface area (Å²) in [5, 5.41) is 3.08. The van der Waals surface area contributed by atoms with E-state index in [0.29, 0.717) is 28.2 Å². The third-order valence-corrected chi connectivity index (χ3v) is 5.88. The average Bonchev–Trinajstić information content (AvgIpc) is 2.83. The summed E-state index contributed by atoms with van der Waals surface area (Å²) in [7, 11) is 0. The van der Waals surface area contributed by atoms with Gasteiger partial charge in [-0.05, 0) is 52.6 Å². The van der Waals surface area contributed by atoms with E-state index < -0.39 is 23.4 Å². The first-order chi connectivity index (χ1) is 16.7. The highest BCUT2D eigenvalue weighted by atomic mass is 19.4. The molecule has 0 aliphatic carbocycles. The molecule has 5 rings (SSSR count). The second kappa shape index (κ2) is 8.54. The van der Waals surface area contributed by atoms with Gasteiger partial charge in [-0.25, -0.2) is 8.78 Å². The van der Waals surface area contributed by atoms with Gasteiger partial charge in [-0.1, -0.05) is 42.5 Å². The van der Waals surface area contributed by atoms with Gasteiger partial charge in [-0.15, -0.1) is 0 Å². The van der Waals surface area contributed by atoms with Crippen LogP contribution >= 0.6 is 0 Å². The molecule has 0 bridgehead atoms. The Kier molecular flexibility index (Phi) is 5.51. The number of carbonyl (C=O) groups is 1. The minimum atomic E-state index is -4.47. The van der Waals surface area contributed by atoms with E-state index in [9.17, 15) is 26.7 Å². The zero-order valence-electron chi connectivity index (χ0n) is 18.0. The number of carbonyl (C=O) groups excluding carboxylic acids is 1. The SMILES string of the molecule is O=C1C=C(c2ccc(C(F)(F)F)cc2)NC2=CC(c3ccc(F)cc3F)=C(c3ccccc3)CN12. The molecular weight excluding hydrogens is 463 g/mol. The number of hydrogen-bond acceptors (Lipinski definition) is 2. The van der Waals surface area contributed by atoms with Crippen molar-refractivity contribution in [3.63, 3.8) is 0 Å². The van der Waals surface area contributed by atoms with Gasteiger partial charge >= 0.3 is 6.18 Å². The van der Waals surface area contributed by atoms with Crippen LogP contribution in [0.3, 0.4) is 0 Å². The number of alkyl halides is 3. The topological polar surface area (TPSA) is 32.3 Å². The maximum Gasteiger partial charge on any atom is 0.416 e. The lowest BCUT2D eigenvalue weighted by molar-refractivity contribution is -0.137. The highest BCUT2D eigenvalue weighted by molar-refractivity contribution is 6.04. The van der Waals surface area contributed by atoms with E-state index in [-0.39, 0.29) is 18.0 Å². The fourth-order valence-corrected chi connectivity index (χ4v) is 4.13. The zero-order chi connectivity index (χ0) is 24.7. The molecule has 1 amide bonds. The Labute approximate surface area is 197 Å². The summed E-state index contributed by atoms with van der Waals surface area (Å²) in [5.74, 6) is -1.50. The fraction of sp³-hybridized carbons (Fsp3) is 0.0741. The maximum absolute atomic E-state index is 14.8. The van der Waals surface area contributed by atoms with Crippen LogP contribution in [0.5, 0.6) is 0 Å². The normalized spacial score (nSPS) is 15.9. The van der Waals surface area contributed by atoms with Crippen molar-refractivity contribution in [1.29, 1.82) is 0 Å². The summed E-state index contributed by atoms with van der Waals surface area (Å²) in [5.41, 5.74) is 1.97. The van der Waals surface area contributed by atoms with E-state index in [1.54, 1.807) is 6.08 Å². The molecule has 0 aromatic heterocycles. The fourth-order valence-electron chi connectivity index (χ4n) is 4.13. The van der Waals surface area contributed by atoms with Gasteiger partial charge in [0.05, 0.1) is 17.8 Å². The molecule has 3 aromatic rings. The second-order valence-corrected chi connectivity index (χ2v) is 8.09. The molecule has 2 aliphatic heterocycles. The van der Waals surface area contributed by atoms with E-state index in [0.717, 1.165) is 29.8 Å². The van der Waals surface area contributed by atoms with Crippen LogP contribution in [0.25, 0.3) is 16.8 Å². The molecule has 1 N–H and O–H groups in total. The number of rotatable bonds is 3. The summed E-state index contributed by atoms with van der Waals surface area (Å²) < 4.78 is 67.1. The number of allylic oxidation sites excluding steroid dienone is 2. The van der Waals surface area contributed by atoms with Gasteiger partial charge in [0.25, 0.3) is 5.91 Å². The molecule has 0 spiro atoms. The molecule has 8 heteroatoms. The standard InChI is InChI=1S/C27H17F5N2O/c28-19-10-11-20(23(29)12-19)21-13-25-33-24(17-6-8-18(9-7-17)27(30,31)32)14-26(35)34(25)15-22(21)16-4-2-1-3-5-16/h1-14,33H,15H2. The van der Waals surface area contributed by atoms with Crippen molar-refractivity contribution in [3.05, 3.63) is 125 Å². The minimum Gasteiger partial charge on any atom is -0.341 e. The molecular formula is C27H17F5N2O. The molecule has 0 atom stereocenters. The van der Waals surface area contributed by atoms with Crippen molar-refractivity contribution in [3.8, 4) is 0 Å². The van der Waals surface area contributed by atoms with Crippen LogP contribution in [0, 0.1) is 11.6 Å². The van der Waals surface area contributed by atoms with E-state index in [1.165, 1.54) is 29.2 Å². The van der Waals surface area contributed by atoms with Crippen LogP contribution in [0.4, 0.5) is 22.0 Å². The molecule has 2 heterocycles. The van der Waals surface area contributed by atoms with Gasteiger partial charge in [0, 0.05) is 17.7 Å². The van der Waals surface area contributed by atoms with Gasteiger partial charge in [0.1, 0.15) is 17.5 Å². The Balaban J connectivity index is 1.58. The van der Waals surface area contributed by atoms with E-state index >= 15 is 0 Å². The van der Waals surface area contributed by atoms with Crippen LogP contribution in [0.15, 0.2) is 90.8 Å². The van der Waals surface area contributed by atoms with Crippen LogP contribution in [0.2, 0.25) is 0 Å². The second-order valence-electron chi connectivity index (χ2n) is 8.09. The lowest BCUT2D eigenvalue weighted by atomic mass is 9.90. The minimum absolute atomic E-state index is 0.116. The molecule has 0 fully saturated rings. The van der Waals surface area contributed by atoms with E-state index in [4.69, 9.17) is 0 Å². The molecule has 3 nitrogen and oxygen atoms in total.